The highest BCUT2D eigenvalue weighted by Crippen LogP contribution is 2.32. The number of ether oxygens (including phenoxy) is 1. The van der Waals surface area contributed by atoms with Crippen molar-refractivity contribution in [3.63, 3.8) is 0 Å². The maximum absolute atomic E-state index is 14.2. The van der Waals surface area contributed by atoms with E-state index in [1.54, 1.807) is 23.9 Å². The zero-order valence-corrected chi connectivity index (χ0v) is 19.7. The van der Waals surface area contributed by atoms with Gasteiger partial charge in [-0.15, -0.1) is 11.8 Å². The van der Waals surface area contributed by atoms with Crippen LogP contribution in [-0.2, 0) is 9.53 Å². The van der Waals surface area contributed by atoms with Crippen molar-refractivity contribution in [2.75, 3.05) is 50.5 Å². The van der Waals surface area contributed by atoms with Gasteiger partial charge in [0.1, 0.15) is 10.9 Å². The molecule has 3 N–H and O–H groups in total. The number of carbonyl (C=O) groups excluding carboxylic acids is 1. The summed E-state index contributed by atoms with van der Waals surface area (Å²) in [5.74, 6) is 0.588. The molecule has 1 saturated heterocycles. The zero-order valence-electron chi connectivity index (χ0n) is 18.9. The largest absolute Gasteiger partial charge is 0.381 e. The quantitative estimate of drug-likeness (QED) is 0.548. The van der Waals surface area contributed by atoms with Gasteiger partial charge in [-0.05, 0) is 31.0 Å². The fraction of sp³-hybridized carbons (Fsp3) is 0.583. The van der Waals surface area contributed by atoms with Gasteiger partial charge in [0.25, 0.3) is 0 Å². The first-order valence-electron chi connectivity index (χ1n) is 12.0. The minimum absolute atomic E-state index is 0.0346. The van der Waals surface area contributed by atoms with Crippen LogP contribution < -0.4 is 10.6 Å². The Morgan fingerprint density at radius 2 is 2.06 bits per heavy atom. The second-order valence-corrected chi connectivity index (χ2v) is 10.1. The molecule has 2 aromatic rings. The summed E-state index contributed by atoms with van der Waals surface area (Å²) in [6.07, 6.45) is 5.10. The number of aromatic amines is 1. The third-order valence-corrected chi connectivity index (χ3v) is 7.78. The Labute approximate surface area is 197 Å². The summed E-state index contributed by atoms with van der Waals surface area (Å²) in [4.78, 5) is 22.9. The number of morpholine rings is 1. The number of nitrogens with zero attached hydrogens (tertiary/aromatic N) is 2. The van der Waals surface area contributed by atoms with Crippen LogP contribution in [0.4, 0.5) is 10.1 Å². The van der Waals surface area contributed by atoms with Crippen molar-refractivity contribution in [3.05, 3.63) is 29.7 Å². The highest BCUT2D eigenvalue weighted by Gasteiger charge is 2.24. The highest BCUT2D eigenvalue weighted by molar-refractivity contribution is 8.14. The molecule has 2 fully saturated rings. The number of aromatic nitrogens is 1. The molecule has 1 aliphatic carbocycles. The fourth-order valence-corrected chi connectivity index (χ4v) is 5.89. The maximum Gasteiger partial charge on any atom is 0.222 e. The molecule has 1 aromatic heterocycles. The summed E-state index contributed by atoms with van der Waals surface area (Å²) in [5.41, 5.74) is 2.64. The minimum atomic E-state index is -0.235. The van der Waals surface area contributed by atoms with Gasteiger partial charge in [-0.1, -0.05) is 12.8 Å². The average Bonchev–Trinajstić information content (AvgIpc) is 3.55. The van der Waals surface area contributed by atoms with Crippen molar-refractivity contribution in [3.8, 4) is 0 Å². The van der Waals surface area contributed by atoms with Crippen LogP contribution in [0.15, 0.2) is 23.2 Å². The normalized spacial score (nSPS) is 22.1. The molecule has 178 valence electrons. The van der Waals surface area contributed by atoms with Crippen molar-refractivity contribution in [2.24, 2.45) is 4.99 Å². The van der Waals surface area contributed by atoms with E-state index in [1.807, 2.05) is 6.07 Å². The third-order valence-electron chi connectivity index (χ3n) is 6.63. The lowest BCUT2D eigenvalue weighted by atomic mass is 10.2. The van der Waals surface area contributed by atoms with Gasteiger partial charge in [0.15, 0.2) is 0 Å². The lowest BCUT2D eigenvalue weighted by Gasteiger charge is -2.26. The first-order valence-corrected chi connectivity index (χ1v) is 13.0. The number of hydrogen-bond donors (Lipinski definition) is 3. The van der Waals surface area contributed by atoms with E-state index in [0.29, 0.717) is 19.0 Å². The summed E-state index contributed by atoms with van der Waals surface area (Å²) in [7, 11) is 0. The van der Waals surface area contributed by atoms with Gasteiger partial charge < -0.3 is 20.4 Å². The summed E-state index contributed by atoms with van der Waals surface area (Å²) in [5, 5.41) is 8.29. The minimum Gasteiger partial charge on any atom is -0.381 e. The second-order valence-electron chi connectivity index (χ2n) is 9.13. The average molecular weight is 474 g/mol. The van der Waals surface area contributed by atoms with Crippen LogP contribution in [0.25, 0.3) is 10.9 Å². The van der Waals surface area contributed by atoms with Crippen LogP contribution in [0.1, 0.15) is 37.8 Å². The van der Waals surface area contributed by atoms with Crippen molar-refractivity contribution < 1.29 is 13.9 Å². The van der Waals surface area contributed by atoms with Crippen LogP contribution in [0.5, 0.6) is 0 Å². The van der Waals surface area contributed by atoms with Gasteiger partial charge >= 0.3 is 0 Å². The van der Waals surface area contributed by atoms with E-state index in [-0.39, 0.29) is 17.8 Å². The van der Waals surface area contributed by atoms with Gasteiger partial charge in [0, 0.05) is 49.8 Å². The molecular weight excluding hydrogens is 441 g/mol. The van der Waals surface area contributed by atoms with Crippen LogP contribution >= 0.6 is 11.8 Å². The molecule has 1 aromatic carbocycles. The Balaban J connectivity index is 1.19. The number of hydrogen-bond acceptors (Lipinski definition) is 6. The number of benzene rings is 1. The lowest BCUT2D eigenvalue weighted by Crippen LogP contribution is -2.41. The van der Waals surface area contributed by atoms with Gasteiger partial charge in [-0.25, -0.2) is 4.39 Å². The number of rotatable bonds is 8. The Kier molecular flexibility index (Phi) is 7.18. The van der Waals surface area contributed by atoms with Gasteiger partial charge in [0.05, 0.1) is 36.2 Å². The summed E-state index contributed by atoms with van der Waals surface area (Å²) in [6.45, 7) is 4.89. The number of H-pyrrole nitrogens is 1. The number of aliphatic imine (C=N–C) groups is 1. The standard InChI is InChI=1S/C24H32FN5O2S/c25-17-11-16-12-21(29-23(16)20(13-17)27-18-3-1-2-4-18)24-28-19(15-33-24)14-22(31)26-5-6-30-7-9-32-10-8-30/h11-13,18-19,27,29H,1-10,14-15H2,(H,26,31)/t19-/m1/s1. The van der Waals surface area contributed by atoms with Crippen LogP contribution in [0, 0.1) is 5.82 Å². The third kappa shape index (κ3) is 5.70. The molecule has 0 spiro atoms. The van der Waals surface area contributed by atoms with Crippen molar-refractivity contribution in [1.82, 2.24) is 15.2 Å². The highest BCUT2D eigenvalue weighted by atomic mass is 32.2. The van der Waals surface area contributed by atoms with Crippen molar-refractivity contribution in [2.45, 2.75) is 44.2 Å². The van der Waals surface area contributed by atoms with E-state index in [9.17, 15) is 9.18 Å². The number of thioether (sulfide) groups is 1. The molecule has 7 nitrogen and oxygen atoms in total. The summed E-state index contributed by atoms with van der Waals surface area (Å²) in [6, 6.07) is 5.48. The summed E-state index contributed by atoms with van der Waals surface area (Å²) >= 11 is 1.65. The number of carbonyl (C=O) groups is 1. The predicted octanol–water partition coefficient (Wildman–Crippen LogP) is 3.36. The van der Waals surface area contributed by atoms with E-state index >= 15 is 0 Å². The van der Waals surface area contributed by atoms with Crippen LogP contribution in [-0.4, -0.2) is 78.1 Å². The first kappa shape index (κ1) is 22.7. The molecule has 1 amide bonds. The van der Waals surface area contributed by atoms with E-state index in [2.05, 4.69) is 20.5 Å². The molecule has 3 heterocycles. The Bertz CT molecular complexity index is 1010. The number of halogens is 1. The SMILES string of the molecule is O=C(C[C@@H]1CSC(c2cc3cc(F)cc(NC4CCCC4)c3[nH]2)=N1)NCCN1CCOCC1. The Morgan fingerprint density at radius 3 is 2.88 bits per heavy atom. The number of nitrogens with one attached hydrogen (secondary N) is 3. The maximum atomic E-state index is 14.2. The monoisotopic (exact) mass is 473 g/mol. The molecule has 0 bridgehead atoms. The van der Waals surface area contributed by atoms with Crippen LogP contribution in [0.2, 0.25) is 0 Å². The van der Waals surface area contributed by atoms with Gasteiger partial charge in [-0.3, -0.25) is 14.7 Å². The van der Waals surface area contributed by atoms with E-state index < -0.39 is 0 Å². The summed E-state index contributed by atoms with van der Waals surface area (Å²) < 4.78 is 19.6. The molecular formula is C24H32FN5O2S. The molecule has 3 aliphatic rings. The smallest absolute Gasteiger partial charge is 0.222 e. The Hall–Kier alpha value is -2.10. The number of amides is 1. The molecule has 1 saturated carbocycles. The predicted molar refractivity (Wildman–Crippen MR) is 132 cm³/mol. The molecule has 2 aliphatic heterocycles. The van der Waals surface area contributed by atoms with Gasteiger partial charge in [-0.2, -0.15) is 0 Å². The molecule has 0 radical (unpaired) electrons. The van der Waals surface area contributed by atoms with Crippen molar-refractivity contribution in [1.29, 1.82) is 0 Å². The molecule has 33 heavy (non-hydrogen) atoms. The van der Waals surface area contributed by atoms with E-state index in [4.69, 9.17) is 9.73 Å². The zero-order chi connectivity index (χ0) is 22.6. The molecule has 1 atom stereocenters. The van der Waals surface area contributed by atoms with E-state index in [1.165, 1.54) is 12.8 Å². The molecule has 9 heteroatoms. The Morgan fingerprint density at radius 1 is 1.24 bits per heavy atom. The number of anilines is 1. The van der Waals surface area contributed by atoms with E-state index in [0.717, 1.165) is 78.8 Å². The van der Waals surface area contributed by atoms with Crippen LogP contribution in [0.3, 0.4) is 0 Å². The second kappa shape index (κ2) is 10.4. The fourth-order valence-electron chi connectivity index (χ4n) is 4.86. The molecule has 0 unspecified atom stereocenters. The first-order chi connectivity index (χ1) is 16.1. The lowest BCUT2D eigenvalue weighted by molar-refractivity contribution is -0.121. The van der Waals surface area contributed by atoms with Crippen molar-refractivity contribution >= 4 is 39.3 Å². The molecule has 5 rings (SSSR count). The van der Waals surface area contributed by atoms with Gasteiger partial charge in [0.2, 0.25) is 5.91 Å². The number of fused-ring (bicyclic) bond motifs is 1. The topological polar surface area (TPSA) is 81.8 Å².